The first kappa shape index (κ1) is 28.1. The zero-order valence-corrected chi connectivity index (χ0v) is 23.5. The Balaban J connectivity index is 1.43. The summed E-state index contributed by atoms with van der Waals surface area (Å²) in [5.41, 5.74) is 5.55. The number of carboxylic acid groups (broad SMARTS) is 1. The van der Waals surface area contributed by atoms with Gasteiger partial charge < -0.3 is 14.8 Å². The van der Waals surface area contributed by atoms with E-state index in [1.54, 1.807) is 48.2 Å². The third-order valence-corrected chi connectivity index (χ3v) is 8.05. The summed E-state index contributed by atoms with van der Waals surface area (Å²) in [7, 11) is 0. The standard InChI is InChI=1S/C32H26ClN3O4S/c33-26-11-13-28-29(34-16-17-35(30(28)19-26)20-22-6-8-24(9-7-22)32(37)38)14-10-25-18-27(36(39)40)12-15-31(25)41-21-23-4-2-1-3-5-23/h1-15,18-19H,16-17,20-21H2,(H,37,38)/p-1/b14-10+. The molecule has 0 fully saturated rings. The summed E-state index contributed by atoms with van der Waals surface area (Å²) in [6.07, 6.45) is 3.78. The third kappa shape index (κ3) is 7.03. The Morgan fingerprint density at radius 3 is 2.49 bits per heavy atom. The number of fused-ring (bicyclic) bond motifs is 1. The summed E-state index contributed by atoms with van der Waals surface area (Å²) in [5, 5.41) is 23.2. The number of allylic oxidation sites excluding steroid dienone is 1. The summed E-state index contributed by atoms with van der Waals surface area (Å²) in [5.74, 6) is -0.473. The summed E-state index contributed by atoms with van der Waals surface area (Å²) < 4.78 is 0. The molecule has 0 amide bonds. The van der Waals surface area contributed by atoms with Gasteiger partial charge in [-0.05, 0) is 52.6 Å². The van der Waals surface area contributed by atoms with E-state index in [0.717, 1.165) is 38.7 Å². The molecule has 9 heteroatoms. The van der Waals surface area contributed by atoms with Gasteiger partial charge in [0.05, 0.1) is 23.1 Å². The number of nitro benzene ring substituents is 1. The summed E-state index contributed by atoms with van der Waals surface area (Å²) in [6.45, 7) is 1.69. The van der Waals surface area contributed by atoms with Crippen LogP contribution in [0.4, 0.5) is 11.4 Å². The van der Waals surface area contributed by atoms with Gasteiger partial charge in [0, 0.05) is 52.1 Å². The Labute approximate surface area is 247 Å². The highest BCUT2D eigenvalue weighted by atomic mass is 35.5. The molecule has 0 saturated heterocycles. The predicted octanol–water partition coefficient (Wildman–Crippen LogP) is 6.43. The van der Waals surface area contributed by atoms with Gasteiger partial charge in [-0.2, -0.15) is 0 Å². The highest BCUT2D eigenvalue weighted by Gasteiger charge is 2.19. The number of rotatable bonds is 9. The van der Waals surface area contributed by atoms with Crippen LogP contribution in [0.3, 0.4) is 0 Å². The molecule has 0 N–H and O–H groups in total. The van der Waals surface area contributed by atoms with Crippen LogP contribution in [0.1, 0.15) is 32.6 Å². The molecule has 4 aromatic rings. The maximum atomic E-state index is 11.5. The number of nitrogens with zero attached hydrogens (tertiary/aromatic N) is 3. The van der Waals surface area contributed by atoms with Crippen LogP contribution in [-0.2, 0) is 12.3 Å². The number of anilines is 1. The highest BCUT2D eigenvalue weighted by molar-refractivity contribution is 7.98. The normalized spacial score (nSPS) is 13.0. The van der Waals surface area contributed by atoms with Crippen molar-refractivity contribution in [2.75, 3.05) is 18.0 Å². The van der Waals surface area contributed by atoms with Crippen molar-refractivity contribution in [3.05, 3.63) is 140 Å². The second-order valence-electron chi connectivity index (χ2n) is 9.42. The molecule has 0 bridgehead atoms. The van der Waals surface area contributed by atoms with E-state index in [2.05, 4.69) is 17.0 Å². The lowest BCUT2D eigenvalue weighted by Crippen LogP contribution is -2.26. The Bertz CT molecular complexity index is 1640. The van der Waals surface area contributed by atoms with Gasteiger partial charge >= 0.3 is 0 Å². The van der Waals surface area contributed by atoms with Gasteiger partial charge in [0.1, 0.15) is 0 Å². The molecule has 1 heterocycles. The van der Waals surface area contributed by atoms with Gasteiger partial charge in [0.25, 0.3) is 5.69 Å². The number of carboxylic acids is 1. The molecule has 7 nitrogen and oxygen atoms in total. The summed E-state index contributed by atoms with van der Waals surface area (Å²) in [4.78, 5) is 30.2. The molecule has 41 heavy (non-hydrogen) atoms. The monoisotopic (exact) mass is 582 g/mol. The van der Waals surface area contributed by atoms with Crippen molar-refractivity contribution < 1.29 is 14.8 Å². The third-order valence-electron chi connectivity index (χ3n) is 6.65. The Kier molecular flexibility index (Phi) is 8.82. The fourth-order valence-electron chi connectivity index (χ4n) is 4.57. The largest absolute Gasteiger partial charge is 0.545 e. The molecule has 0 unspecified atom stereocenters. The molecule has 4 aromatic carbocycles. The number of thioether (sulfide) groups is 1. The minimum Gasteiger partial charge on any atom is -0.545 e. The number of hydrogen-bond acceptors (Lipinski definition) is 7. The average Bonchev–Trinajstić information content (AvgIpc) is 3.14. The number of hydrogen-bond donors (Lipinski definition) is 0. The quantitative estimate of drug-likeness (QED) is 0.128. The zero-order valence-electron chi connectivity index (χ0n) is 21.9. The maximum Gasteiger partial charge on any atom is 0.270 e. The van der Waals surface area contributed by atoms with Crippen LogP contribution in [0.5, 0.6) is 0 Å². The van der Waals surface area contributed by atoms with Crippen LogP contribution in [0.25, 0.3) is 6.08 Å². The molecular weight excluding hydrogens is 558 g/mol. The Morgan fingerprint density at radius 1 is 0.976 bits per heavy atom. The fraction of sp³-hybridized carbons (Fsp3) is 0.125. The summed E-state index contributed by atoms with van der Waals surface area (Å²) >= 11 is 8.03. The number of aromatic carboxylic acids is 1. The first-order chi connectivity index (χ1) is 19.9. The molecule has 0 atom stereocenters. The number of non-ortho nitro benzene ring substituents is 1. The number of nitro groups is 1. The van der Waals surface area contributed by atoms with Gasteiger partial charge in [-0.25, -0.2) is 0 Å². The maximum absolute atomic E-state index is 11.5. The molecule has 0 radical (unpaired) electrons. The topological polar surface area (TPSA) is 98.9 Å². The molecule has 1 aliphatic heterocycles. The molecule has 206 valence electrons. The lowest BCUT2D eigenvalue weighted by atomic mass is 10.0. The molecular formula is C32H25ClN3O4S-. The number of carbonyl (C=O) groups excluding carboxylic acids is 1. The van der Waals surface area contributed by atoms with E-state index < -0.39 is 5.97 Å². The smallest absolute Gasteiger partial charge is 0.270 e. The molecule has 0 saturated carbocycles. The molecule has 0 spiro atoms. The highest BCUT2D eigenvalue weighted by Crippen LogP contribution is 2.32. The minimum atomic E-state index is -1.21. The number of halogens is 1. The van der Waals surface area contributed by atoms with Crippen LogP contribution < -0.4 is 10.0 Å². The van der Waals surface area contributed by atoms with Gasteiger partial charge in [-0.1, -0.05) is 72.3 Å². The second kappa shape index (κ2) is 12.8. The number of carbonyl (C=O) groups is 1. The minimum absolute atomic E-state index is 0.0274. The average molecular weight is 583 g/mol. The lowest BCUT2D eigenvalue weighted by Gasteiger charge is -2.25. The first-order valence-corrected chi connectivity index (χ1v) is 14.3. The lowest BCUT2D eigenvalue weighted by molar-refractivity contribution is -0.384. The van der Waals surface area contributed by atoms with Gasteiger partial charge in [-0.15, -0.1) is 11.8 Å². The van der Waals surface area contributed by atoms with Gasteiger partial charge in [0.15, 0.2) is 0 Å². The van der Waals surface area contributed by atoms with E-state index in [1.165, 1.54) is 11.6 Å². The van der Waals surface area contributed by atoms with Crippen molar-refractivity contribution in [1.29, 1.82) is 0 Å². The number of aliphatic imine (C=N–C) groups is 1. The van der Waals surface area contributed by atoms with E-state index >= 15 is 0 Å². The SMILES string of the molecule is O=C([O-])c1ccc(CN2CCN=C(/C=C/c3cc([N+](=O)[O-])ccc3SCc3ccccc3)c3ccc(Cl)cc32)cc1. The van der Waals surface area contributed by atoms with Crippen molar-refractivity contribution in [2.45, 2.75) is 17.2 Å². The zero-order chi connectivity index (χ0) is 28.8. The van der Waals surface area contributed by atoms with Gasteiger partial charge in [-0.3, -0.25) is 15.1 Å². The van der Waals surface area contributed by atoms with E-state index in [1.807, 2.05) is 48.6 Å². The first-order valence-electron chi connectivity index (χ1n) is 12.9. The van der Waals surface area contributed by atoms with Crippen molar-refractivity contribution in [3.8, 4) is 0 Å². The molecule has 0 aromatic heterocycles. The Morgan fingerprint density at radius 2 is 1.76 bits per heavy atom. The van der Waals surface area contributed by atoms with E-state index in [0.29, 0.717) is 24.7 Å². The number of benzodiazepines with no additional fused rings is 1. The predicted molar refractivity (Wildman–Crippen MR) is 163 cm³/mol. The van der Waals surface area contributed by atoms with Crippen molar-refractivity contribution in [2.24, 2.45) is 4.99 Å². The van der Waals surface area contributed by atoms with Crippen LogP contribution in [-0.4, -0.2) is 29.7 Å². The van der Waals surface area contributed by atoms with Crippen molar-refractivity contribution in [1.82, 2.24) is 0 Å². The second-order valence-corrected chi connectivity index (χ2v) is 10.9. The fourth-order valence-corrected chi connectivity index (χ4v) is 5.71. The van der Waals surface area contributed by atoms with Crippen molar-refractivity contribution in [3.63, 3.8) is 0 Å². The number of benzene rings is 4. The molecule has 1 aliphatic rings. The van der Waals surface area contributed by atoms with Gasteiger partial charge in [0.2, 0.25) is 0 Å². The molecule has 5 rings (SSSR count). The van der Waals surface area contributed by atoms with Crippen LogP contribution in [0.15, 0.2) is 107 Å². The van der Waals surface area contributed by atoms with E-state index in [4.69, 9.17) is 16.6 Å². The van der Waals surface area contributed by atoms with E-state index in [9.17, 15) is 20.0 Å². The molecule has 0 aliphatic carbocycles. The van der Waals surface area contributed by atoms with E-state index in [-0.39, 0.29) is 16.2 Å². The van der Waals surface area contributed by atoms with Crippen LogP contribution in [0.2, 0.25) is 5.02 Å². The van der Waals surface area contributed by atoms with Crippen molar-refractivity contribution >= 4 is 52.5 Å². The summed E-state index contributed by atoms with van der Waals surface area (Å²) in [6, 6.07) is 27.3. The van der Waals surface area contributed by atoms with Crippen LogP contribution >= 0.6 is 23.4 Å². The van der Waals surface area contributed by atoms with Crippen LogP contribution in [0, 0.1) is 10.1 Å². The Hall–Kier alpha value is -4.40.